The summed E-state index contributed by atoms with van der Waals surface area (Å²) in [5.41, 5.74) is 2.48. The van der Waals surface area contributed by atoms with Crippen LogP contribution in [0.1, 0.15) is 26.7 Å². The van der Waals surface area contributed by atoms with E-state index in [9.17, 15) is 14.0 Å². The molecule has 0 aliphatic carbocycles. The average molecular weight is 388 g/mol. The van der Waals surface area contributed by atoms with Gasteiger partial charge in [-0.2, -0.15) is 0 Å². The third kappa shape index (κ3) is 3.84. The lowest BCUT2D eigenvalue weighted by Gasteiger charge is -2.05. The van der Waals surface area contributed by atoms with Crippen LogP contribution in [-0.2, 0) is 0 Å². The first-order chi connectivity index (χ1) is 14.0. The van der Waals surface area contributed by atoms with Crippen LogP contribution in [0, 0.1) is 12.7 Å². The number of carbonyl (C=O) groups is 2. The second kappa shape index (κ2) is 7.55. The maximum atomic E-state index is 13.4. The van der Waals surface area contributed by atoms with Gasteiger partial charge in [-0.15, -0.1) is 0 Å². The van der Waals surface area contributed by atoms with Crippen molar-refractivity contribution in [2.45, 2.75) is 6.92 Å². The Morgan fingerprint density at radius 1 is 0.897 bits per heavy atom. The SMILES string of the molecule is Cc1cccc(NC(=O)c2nc(C(=O)Nc3cccc(F)c3)c3ccccn23)c1. The number of nitrogens with one attached hydrogen (secondary N) is 2. The first kappa shape index (κ1) is 18.4. The number of imidazole rings is 1. The van der Waals surface area contributed by atoms with Crippen LogP contribution >= 0.6 is 0 Å². The summed E-state index contributed by atoms with van der Waals surface area (Å²) in [6.07, 6.45) is 1.66. The van der Waals surface area contributed by atoms with Crippen molar-refractivity contribution in [1.82, 2.24) is 9.38 Å². The Bertz CT molecular complexity index is 1140. The minimum Gasteiger partial charge on any atom is -0.320 e. The van der Waals surface area contributed by atoms with E-state index in [-0.39, 0.29) is 11.5 Å². The number of amides is 2. The van der Waals surface area contributed by atoms with Crippen LogP contribution in [0.4, 0.5) is 15.8 Å². The number of aryl methyl sites for hydroxylation is 1. The maximum absolute atomic E-state index is 13.4. The molecule has 0 radical (unpaired) electrons. The van der Waals surface area contributed by atoms with Crippen molar-refractivity contribution < 1.29 is 14.0 Å². The molecule has 2 aromatic carbocycles. The van der Waals surface area contributed by atoms with Gasteiger partial charge in [0.1, 0.15) is 5.82 Å². The van der Waals surface area contributed by atoms with Gasteiger partial charge in [0.2, 0.25) is 5.82 Å². The average Bonchev–Trinajstić information content (AvgIpc) is 3.08. The van der Waals surface area contributed by atoms with Gasteiger partial charge in [0.25, 0.3) is 11.8 Å². The number of fused-ring (bicyclic) bond motifs is 1. The molecule has 0 saturated carbocycles. The van der Waals surface area contributed by atoms with Crippen molar-refractivity contribution >= 4 is 28.7 Å². The summed E-state index contributed by atoms with van der Waals surface area (Å²) in [6, 6.07) is 18.1. The summed E-state index contributed by atoms with van der Waals surface area (Å²) in [4.78, 5) is 29.8. The summed E-state index contributed by atoms with van der Waals surface area (Å²) in [5.74, 6) is -1.36. The second-order valence-electron chi connectivity index (χ2n) is 6.53. The third-order valence-electron chi connectivity index (χ3n) is 4.32. The van der Waals surface area contributed by atoms with E-state index in [1.54, 1.807) is 40.9 Å². The number of benzene rings is 2. The van der Waals surface area contributed by atoms with Gasteiger partial charge in [-0.1, -0.05) is 24.3 Å². The highest BCUT2D eigenvalue weighted by Gasteiger charge is 2.21. The van der Waals surface area contributed by atoms with Crippen LogP contribution < -0.4 is 10.6 Å². The summed E-state index contributed by atoms with van der Waals surface area (Å²) in [7, 11) is 0. The lowest BCUT2D eigenvalue weighted by Crippen LogP contribution is -2.16. The summed E-state index contributed by atoms with van der Waals surface area (Å²) in [6.45, 7) is 1.93. The zero-order chi connectivity index (χ0) is 20.4. The first-order valence-electron chi connectivity index (χ1n) is 8.93. The molecule has 0 aliphatic rings. The van der Waals surface area contributed by atoms with Crippen LogP contribution in [0.5, 0.6) is 0 Å². The molecule has 4 aromatic rings. The molecule has 0 fully saturated rings. The number of hydrogen-bond acceptors (Lipinski definition) is 3. The van der Waals surface area contributed by atoms with Crippen molar-refractivity contribution in [2.75, 3.05) is 10.6 Å². The van der Waals surface area contributed by atoms with E-state index >= 15 is 0 Å². The highest BCUT2D eigenvalue weighted by atomic mass is 19.1. The normalized spacial score (nSPS) is 10.7. The first-order valence-corrected chi connectivity index (χ1v) is 8.93. The Labute approximate surface area is 166 Å². The van der Waals surface area contributed by atoms with Crippen LogP contribution in [0.25, 0.3) is 5.52 Å². The predicted octanol–water partition coefficient (Wildman–Crippen LogP) is 4.29. The quantitative estimate of drug-likeness (QED) is 0.548. The Kier molecular flexibility index (Phi) is 4.78. The van der Waals surface area contributed by atoms with E-state index < -0.39 is 17.6 Å². The number of anilines is 2. The number of halogens is 1. The molecule has 2 N–H and O–H groups in total. The van der Waals surface area contributed by atoms with Crippen molar-refractivity contribution in [3.05, 3.63) is 95.8 Å². The summed E-state index contributed by atoms with van der Waals surface area (Å²) >= 11 is 0. The van der Waals surface area contributed by atoms with Gasteiger partial charge in [-0.25, -0.2) is 9.37 Å². The van der Waals surface area contributed by atoms with Crippen LogP contribution in [0.3, 0.4) is 0 Å². The molecule has 2 heterocycles. The molecule has 0 bridgehead atoms. The van der Waals surface area contributed by atoms with E-state index in [1.165, 1.54) is 18.2 Å². The van der Waals surface area contributed by atoms with Crippen molar-refractivity contribution in [3.8, 4) is 0 Å². The van der Waals surface area contributed by atoms with E-state index in [0.29, 0.717) is 16.9 Å². The van der Waals surface area contributed by atoms with E-state index in [4.69, 9.17) is 0 Å². The standard InChI is InChI=1S/C22H17FN4O2/c1-14-6-4-8-16(12-14)25-22(29)20-26-19(18-10-2-3-11-27(18)20)21(28)24-17-9-5-7-15(23)13-17/h2-13H,1H3,(H,24,28)(H,25,29). The zero-order valence-electron chi connectivity index (χ0n) is 15.5. The highest BCUT2D eigenvalue weighted by molar-refractivity contribution is 6.10. The highest BCUT2D eigenvalue weighted by Crippen LogP contribution is 2.18. The minimum absolute atomic E-state index is 0.0734. The molecule has 144 valence electrons. The number of carbonyl (C=O) groups excluding carboxylic acids is 2. The number of rotatable bonds is 4. The Hall–Kier alpha value is -4.00. The zero-order valence-corrected chi connectivity index (χ0v) is 15.5. The number of aromatic nitrogens is 2. The van der Waals surface area contributed by atoms with Crippen LogP contribution in [-0.4, -0.2) is 21.2 Å². The molecule has 0 spiro atoms. The van der Waals surface area contributed by atoms with E-state index in [2.05, 4.69) is 15.6 Å². The van der Waals surface area contributed by atoms with Gasteiger partial charge >= 0.3 is 0 Å². The van der Waals surface area contributed by atoms with Gasteiger partial charge in [0, 0.05) is 17.6 Å². The molecule has 0 unspecified atom stereocenters. The molecule has 0 saturated heterocycles. The van der Waals surface area contributed by atoms with Gasteiger partial charge < -0.3 is 10.6 Å². The molecule has 0 atom stereocenters. The molecule has 29 heavy (non-hydrogen) atoms. The van der Waals surface area contributed by atoms with E-state index in [1.807, 2.05) is 25.1 Å². The maximum Gasteiger partial charge on any atom is 0.292 e. The Morgan fingerprint density at radius 3 is 2.38 bits per heavy atom. The van der Waals surface area contributed by atoms with Gasteiger partial charge in [0.15, 0.2) is 5.69 Å². The van der Waals surface area contributed by atoms with E-state index in [0.717, 1.165) is 5.56 Å². The third-order valence-corrected chi connectivity index (χ3v) is 4.32. The van der Waals surface area contributed by atoms with Crippen LogP contribution in [0.15, 0.2) is 72.9 Å². The lowest BCUT2D eigenvalue weighted by atomic mass is 10.2. The molecule has 2 amide bonds. The molecule has 4 rings (SSSR count). The summed E-state index contributed by atoms with van der Waals surface area (Å²) in [5, 5.41) is 5.41. The monoisotopic (exact) mass is 388 g/mol. The molecule has 0 aliphatic heterocycles. The predicted molar refractivity (Wildman–Crippen MR) is 109 cm³/mol. The van der Waals surface area contributed by atoms with Crippen LogP contribution in [0.2, 0.25) is 0 Å². The number of hydrogen-bond donors (Lipinski definition) is 2. The van der Waals surface area contributed by atoms with Crippen molar-refractivity contribution in [3.63, 3.8) is 0 Å². The fraction of sp³-hybridized carbons (Fsp3) is 0.0455. The lowest BCUT2D eigenvalue weighted by molar-refractivity contribution is 0.101. The summed E-state index contributed by atoms with van der Waals surface area (Å²) < 4.78 is 14.9. The largest absolute Gasteiger partial charge is 0.320 e. The fourth-order valence-electron chi connectivity index (χ4n) is 3.03. The van der Waals surface area contributed by atoms with Gasteiger partial charge in [-0.05, 0) is 55.0 Å². The smallest absolute Gasteiger partial charge is 0.292 e. The molecule has 6 nitrogen and oxygen atoms in total. The molecular weight excluding hydrogens is 371 g/mol. The molecule has 2 aromatic heterocycles. The molecular formula is C22H17FN4O2. The Balaban J connectivity index is 1.67. The topological polar surface area (TPSA) is 75.5 Å². The van der Waals surface area contributed by atoms with Crippen molar-refractivity contribution in [1.29, 1.82) is 0 Å². The molecule has 7 heteroatoms. The minimum atomic E-state index is -0.533. The Morgan fingerprint density at radius 2 is 1.62 bits per heavy atom. The van der Waals surface area contributed by atoms with Gasteiger partial charge in [0.05, 0.1) is 5.52 Å². The fourth-order valence-corrected chi connectivity index (χ4v) is 3.03. The number of pyridine rings is 1. The van der Waals surface area contributed by atoms with Gasteiger partial charge in [-0.3, -0.25) is 14.0 Å². The van der Waals surface area contributed by atoms with Crippen molar-refractivity contribution in [2.24, 2.45) is 0 Å². The number of nitrogens with zero attached hydrogens (tertiary/aromatic N) is 2. The second-order valence-corrected chi connectivity index (χ2v) is 6.53.